The lowest BCUT2D eigenvalue weighted by molar-refractivity contribution is -0.137. The number of aromatic nitrogens is 1. The maximum atomic E-state index is 12.6. The molecule has 0 aliphatic rings. The number of amides is 2. The molecule has 3 rings (SSSR count). The first-order valence-electron chi connectivity index (χ1n) is 8.11. The van der Waals surface area contributed by atoms with Crippen LogP contribution in [0.2, 0.25) is 0 Å². The highest BCUT2D eigenvalue weighted by atomic mass is 32.2. The van der Waals surface area contributed by atoms with E-state index in [0.717, 1.165) is 12.1 Å². The van der Waals surface area contributed by atoms with Gasteiger partial charge in [0.05, 0.1) is 28.1 Å². The molecule has 1 heterocycles. The Labute approximate surface area is 163 Å². The highest BCUT2D eigenvalue weighted by molar-refractivity contribution is 7.91. The summed E-state index contributed by atoms with van der Waals surface area (Å²) in [6, 6.07) is 7.92. The summed E-state index contributed by atoms with van der Waals surface area (Å²) in [5.74, 6) is 0.457. The van der Waals surface area contributed by atoms with Gasteiger partial charge in [-0.05, 0) is 48.5 Å². The van der Waals surface area contributed by atoms with Gasteiger partial charge in [0.25, 0.3) is 0 Å². The molecule has 0 saturated heterocycles. The summed E-state index contributed by atoms with van der Waals surface area (Å²) in [5, 5.41) is 5.04. The van der Waals surface area contributed by atoms with E-state index < -0.39 is 27.6 Å². The molecule has 29 heavy (non-hydrogen) atoms. The molecule has 0 fully saturated rings. The van der Waals surface area contributed by atoms with Gasteiger partial charge in [0, 0.05) is 5.69 Å². The largest absolute Gasteiger partial charge is 0.447 e. The zero-order valence-electron chi connectivity index (χ0n) is 14.6. The number of urea groups is 1. The van der Waals surface area contributed by atoms with Crippen molar-refractivity contribution in [3.05, 3.63) is 72.4 Å². The minimum atomic E-state index is -4.55. The van der Waals surface area contributed by atoms with Crippen molar-refractivity contribution in [2.45, 2.75) is 22.5 Å². The first-order chi connectivity index (χ1) is 13.7. The van der Waals surface area contributed by atoms with E-state index in [9.17, 15) is 26.4 Å². The van der Waals surface area contributed by atoms with Crippen molar-refractivity contribution in [3.63, 3.8) is 0 Å². The molecule has 0 aliphatic carbocycles. The van der Waals surface area contributed by atoms with Crippen LogP contribution in [-0.2, 0) is 22.6 Å². The van der Waals surface area contributed by atoms with Gasteiger partial charge in [0.1, 0.15) is 5.76 Å². The Balaban J connectivity index is 1.67. The van der Waals surface area contributed by atoms with E-state index in [0.29, 0.717) is 23.6 Å². The SMILES string of the molecule is O=C(NCc1cnco1)Nc1ccc(S(=O)(=O)c2ccc(C(F)(F)F)cc2)cc1. The van der Waals surface area contributed by atoms with Crippen LogP contribution in [0.5, 0.6) is 0 Å². The van der Waals surface area contributed by atoms with Crippen molar-refractivity contribution in [1.29, 1.82) is 0 Å². The second-order valence-corrected chi connectivity index (χ2v) is 7.78. The van der Waals surface area contributed by atoms with Crippen LogP contribution in [0.3, 0.4) is 0 Å². The minimum absolute atomic E-state index is 0.117. The third-order valence-corrected chi connectivity index (χ3v) is 5.61. The molecule has 2 amide bonds. The van der Waals surface area contributed by atoms with Gasteiger partial charge >= 0.3 is 12.2 Å². The molecule has 3 aromatic rings. The predicted octanol–water partition coefficient (Wildman–Crippen LogP) is 3.85. The molecule has 0 saturated carbocycles. The summed E-state index contributed by atoms with van der Waals surface area (Å²) in [6.45, 7) is 0.117. The predicted molar refractivity (Wildman–Crippen MR) is 95.7 cm³/mol. The summed E-state index contributed by atoms with van der Waals surface area (Å²) < 4.78 is 68.0. The van der Waals surface area contributed by atoms with Crippen molar-refractivity contribution in [2.24, 2.45) is 0 Å². The lowest BCUT2D eigenvalue weighted by Crippen LogP contribution is -2.27. The number of alkyl halides is 3. The fourth-order valence-electron chi connectivity index (χ4n) is 2.35. The van der Waals surface area contributed by atoms with Crippen LogP contribution < -0.4 is 10.6 Å². The van der Waals surface area contributed by atoms with E-state index >= 15 is 0 Å². The third kappa shape index (κ3) is 4.93. The number of nitrogens with one attached hydrogen (secondary N) is 2. The Morgan fingerprint density at radius 3 is 2.10 bits per heavy atom. The number of carbonyl (C=O) groups is 1. The first-order valence-corrected chi connectivity index (χ1v) is 9.59. The van der Waals surface area contributed by atoms with Gasteiger partial charge in [-0.15, -0.1) is 0 Å². The molecule has 152 valence electrons. The molecule has 0 aliphatic heterocycles. The van der Waals surface area contributed by atoms with Crippen LogP contribution in [0.4, 0.5) is 23.7 Å². The summed E-state index contributed by atoms with van der Waals surface area (Å²) >= 11 is 0. The maximum Gasteiger partial charge on any atom is 0.416 e. The Hall–Kier alpha value is -3.34. The van der Waals surface area contributed by atoms with Crippen molar-refractivity contribution in [1.82, 2.24) is 10.3 Å². The van der Waals surface area contributed by atoms with Gasteiger partial charge < -0.3 is 15.1 Å². The van der Waals surface area contributed by atoms with Crippen LogP contribution in [0.1, 0.15) is 11.3 Å². The van der Waals surface area contributed by atoms with Crippen molar-refractivity contribution in [3.8, 4) is 0 Å². The Bertz CT molecular complexity index is 1080. The average Bonchev–Trinajstić information content (AvgIpc) is 3.20. The Morgan fingerprint density at radius 1 is 1.00 bits per heavy atom. The van der Waals surface area contributed by atoms with Gasteiger partial charge in [0.2, 0.25) is 9.84 Å². The van der Waals surface area contributed by atoms with Gasteiger partial charge in [-0.3, -0.25) is 0 Å². The molecule has 1 aromatic heterocycles. The lowest BCUT2D eigenvalue weighted by atomic mass is 10.2. The zero-order chi connectivity index (χ0) is 21.1. The number of benzene rings is 2. The molecule has 11 heteroatoms. The Kier molecular flexibility index (Phi) is 5.59. The molecule has 2 N–H and O–H groups in total. The van der Waals surface area contributed by atoms with Crippen LogP contribution in [0, 0.1) is 0 Å². The van der Waals surface area contributed by atoms with Gasteiger partial charge in [0.15, 0.2) is 6.39 Å². The van der Waals surface area contributed by atoms with Crippen molar-refractivity contribution in [2.75, 3.05) is 5.32 Å². The molecular formula is C18H14F3N3O4S. The average molecular weight is 425 g/mol. The number of hydrogen-bond donors (Lipinski definition) is 2. The topological polar surface area (TPSA) is 101 Å². The van der Waals surface area contributed by atoms with Gasteiger partial charge in [-0.25, -0.2) is 18.2 Å². The number of anilines is 1. The lowest BCUT2D eigenvalue weighted by Gasteiger charge is -2.10. The number of nitrogens with zero attached hydrogens (tertiary/aromatic N) is 1. The quantitative estimate of drug-likeness (QED) is 0.647. The van der Waals surface area contributed by atoms with Crippen LogP contribution in [0.15, 0.2) is 75.3 Å². The second kappa shape index (κ2) is 7.95. The van der Waals surface area contributed by atoms with Crippen LogP contribution >= 0.6 is 0 Å². The monoisotopic (exact) mass is 425 g/mol. The number of rotatable bonds is 5. The molecule has 0 bridgehead atoms. The number of sulfone groups is 1. The number of hydrogen-bond acceptors (Lipinski definition) is 5. The highest BCUT2D eigenvalue weighted by Gasteiger charge is 2.30. The van der Waals surface area contributed by atoms with E-state index in [4.69, 9.17) is 4.42 Å². The molecule has 0 spiro atoms. The molecule has 0 atom stereocenters. The number of carbonyl (C=O) groups excluding carboxylic acids is 1. The molecule has 0 unspecified atom stereocenters. The molecular weight excluding hydrogens is 411 g/mol. The van der Waals surface area contributed by atoms with E-state index in [2.05, 4.69) is 15.6 Å². The highest BCUT2D eigenvalue weighted by Crippen LogP contribution is 2.31. The second-order valence-electron chi connectivity index (χ2n) is 5.83. The number of halogens is 3. The fraction of sp³-hybridized carbons (Fsp3) is 0.111. The Morgan fingerprint density at radius 2 is 1.59 bits per heavy atom. The summed E-state index contributed by atoms with van der Waals surface area (Å²) in [5.41, 5.74) is -0.612. The molecule has 2 aromatic carbocycles. The molecule has 0 radical (unpaired) electrons. The van der Waals surface area contributed by atoms with Gasteiger partial charge in [-0.1, -0.05) is 0 Å². The summed E-state index contributed by atoms with van der Waals surface area (Å²) in [7, 11) is -4.00. The minimum Gasteiger partial charge on any atom is -0.447 e. The summed E-state index contributed by atoms with van der Waals surface area (Å²) in [6.07, 6.45) is -1.88. The van der Waals surface area contributed by atoms with Gasteiger partial charge in [-0.2, -0.15) is 13.2 Å². The van der Waals surface area contributed by atoms with Crippen LogP contribution in [-0.4, -0.2) is 19.4 Å². The fourth-order valence-corrected chi connectivity index (χ4v) is 3.61. The van der Waals surface area contributed by atoms with Crippen LogP contribution in [0.25, 0.3) is 0 Å². The zero-order valence-corrected chi connectivity index (χ0v) is 15.4. The first kappa shape index (κ1) is 20.4. The smallest absolute Gasteiger partial charge is 0.416 e. The third-order valence-electron chi connectivity index (χ3n) is 3.82. The molecule has 7 nitrogen and oxygen atoms in total. The van der Waals surface area contributed by atoms with E-state index in [1.807, 2.05) is 0 Å². The van der Waals surface area contributed by atoms with E-state index in [-0.39, 0.29) is 16.3 Å². The number of oxazole rings is 1. The summed E-state index contributed by atoms with van der Waals surface area (Å²) in [4.78, 5) is 15.1. The van der Waals surface area contributed by atoms with E-state index in [1.165, 1.54) is 36.9 Å². The normalized spacial score (nSPS) is 11.8. The van der Waals surface area contributed by atoms with Crippen molar-refractivity contribution < 1.29 is 30.8 Å². The standard InChI is InChI=1S/C18H14F3N3O4S/c19-18(20,21)12-1-5-15(6-2-12)29(26,27)16-7-3-13(4-8-16)24-17(25)23-10-14-9-22-11-28-14/h1-9,11H,10H2,(H2,23,24,25). The van der Waals surface area contributed by atoms with E-state index in [1.54, 1.807) is 0 Å². The van der Waals surface area contributed by atoms with Crippen molar-refractivity contribution >= 4 is 21.6 Å². The maximum absolute atomic E-state index is 12.6.